The number of nitrogens with zero attached hydrogens (tertiary/aromatic N) is 1. The Balaban J connectivity index is 1.84. The first-order valence-electron chi connectivity index (χ1n) is 11.0. The van der Waals surface area contributed by atoms with Gasteiger partial charge >= 0.3 is 0 Å². The van der Waals surface area contributed by atoms with Crippen LogP contribution >= 0.6 is 0 Å². The van der Waals surface area contributed by atoms with Crippen molar-refractivity contribution >= 4 is 17.4 Å². The van der Waals surface area contributed by atoms with Crippen LogP contribution in [0.5, 0.6) is 11.5 Å². The zero-order chi connectivity index (χ0) is 24.5. The van der Waals surface area contributed by atoms with Crippen molar-refractivity contribution in [2.45, 2.75) is 36.9 Å². The van der Waals surface area contributed by atoms with Gasteiger partial charge in [0.2, 0.25) is 11.3 Å². The molecular formula is C25H25NO8. The molecule has 0 bridgehead atoms. The van der Waals surface area contributed by atoms with Crippen LogP contribution in [0, 0.1) is 0 Å². The third-order valence-corrected chi connectivity index (χ3v) is 6.95. The van der Waals surface area contributed by atoms with Gasteiger partial charge in [0.25, 0.3) is 17.5 Å². The maximum absolute atomic E-state index is 13.4. The van der Waals surface area contributed by atoms with Gasteiger partial charge < -0.3 is 34.4 Å². The fourth-order valence-corrected chi connectivity index (χ4v) is 5.47. The number of ether oxygens (including phenoxy) is 3. The van der Waals surface area contributed by atoms with Crippen LogP contribution in [0.4, 0.5) is 0 Å². The first kappa shape index (κ1) is 22.4. The summed E-state index contributed by atoms with van der Waals surface area (Å²) < 4.78 is 16.7. The molecule has 1 spiro atoms. The summed E-state index contributed by atoms with van der Waals surface area (Å²) in [6.45, 7) is 1.92. The van der Waals surface area contributed by atoms with Crippen LogP contribution in [-0.2, 0) is 25.9 Å². The van der Waals surface area contributed by atoms with Crippen LogP contribution in [0.2, 0.25) is 0 Å². The molecule has 3 N–H and O–H groups in total. The summed E-state index contributed by atoms with van der Waals surface area (Å²) in [6, 6.07) is 10.8. The van der Waals surface area contributed by atoms with Crippen LogP contribution in [0.25, 0.3) is 5.76 Å². The summed E-state index contributed by atoms with van der Waals surface area (Å²) in [7, 11) is 2.92. The Morgan fingerprint density at radius 1 is 0.971 bits per heavy atom. The van der Waals surface area contributed by atoms with E-state index in [4.69, 9.17) is 14.2 Å². The quantitative estimate of drug-likeness (QED) is 0.430. The number of fused-ring (bicyclic) bond motifs is 2. The Bertz CT molecular complexity index is 1250. The van der Waals surface area contributed by atoms with Gasteiger partial charge in [-0.2, -0.15) is 0 Å². The number of Topliss-reactive ketones (excluding diaryl/α,β-unsaturated/α-hetero) is 1. The van der Waals surface area contributed by atoms with Gasteiger partial charge in [-0.15, -0.1) is 0 Å². The SMILES string of the molecule is CCCCN1C(=O)C(=O)C2=C(c3ccc(OC)c(OC)c3)O[C@@]3(O)c4ccccc4C(O)(O)[C@@]213. The second-order valence-corrected chi connectivity index (χ2v) is 8.59. The van der Waals surface area contributed by atoms with E-state index in [0.717, 1.165) is 4.90 Å². The molecule has 1 saturated heterocycles. The van der Waals surface area contributed by atoms with E-state index >= 15 is 0 Å². The van der Waals surface area contributed by atoms with E-state index in [2.05, 4.69) is 0 Å². The Labute approximate surface area is 195 Å². The molecule has 2 atom stereocenters. The summed E-state index contributed by atoms with van der Waals surface area (Å²) in [5.41, 5.74) is -2.25. The molecule has 0 radical (unpaired) electrons. The fraction of sp³-hybridized carbons (Fsp3) is 0.360. The molecule has 9 nitrogen and oxygen atoms in total. The third kappa shape index (κ3) is 2.38. The predicted octanol–water partition coefficient (Wildman–Crippen LogP) is 1.39. The summed E-state index contributed by atoms with van der Waals surface area (Å²) in [5, 5.41) is 35.2. The largest absolute Gasteiger partial charge is 0.493 e. The van der Waals surface area contributed by atoms with Crippen molar-refractivity contribution in [1.82, 2.24) is 4.90 Å². The molecule has 1 aliphatic carbocycles. The molecule has 9 heteroatoms. The van der Waals surface area contributed by atoms with Crippen molar-refractivity contribution in [2.75, 3.05) is 20.8 Å². The zero-order valence-electron chi connectivity index (χ0n) is 19.0. The van der Waals surface area contributed by atoms with Gasteiger partial charge in [-0.25, -0.2) is 0 Å². The minimum Gasteiger partial charge on any atom is -0.493 e. The summed E-state index contributed by atoms with van der Waals surface area (Å²) in [6.07, 6.45) is 1.15. The fourth-order valence-electron chi connectivity index (χ4n) is 5.47. The zero-order valence-corrected chi connectivity index (χ0v) is 19.0. The van der Waals surface area contributed by atoms with E-state index in [1.165, 1.54) is 32.4 Å². The lowest BCUT2D eigenvalue weighted by atomic mass is 9.78. The van der Waals surface area contributed by atoms with E-state index in [1.807, 2.05) is 6.92 Å². The molecule has 1 amide bonds. The predicted molar refractivity (Wildman–Crippen MR) is 118 cm³/mol. The summed E-state index contributed by atoms with van der Waals surface area (Å²) >= 11 is 0. The van der Waals surface area contributed by atoms with Crippen LogP contribution < -0.4 is 9.47 Å². The van der Waals surface area contributed by atoms with Crippen molar-refractivity contribution in [3.05, 3.63) is 64.7 Å². The summed E-state index contributed by atoms with van der Waals surface area (Å²) in [5.74, 6) is -6.48. The van der Waals surface area contributed by atoms with E-state index in [9.17, 15) is 24.9 Å². The molecule has 0 saturated carbocycles. The Kier molecular flexibility index (Phi) is 4.81. The van der Waals surface area contributed by atoms with E-state index in [-0.39, 0.29) is 29.0 Å². The van der Waals surface area contributed by atoms with Gasteiger partial charge in [0, 0.05) is 23.2 Å². The smallest absolute Gasteiger partial charge is 0.296 e. The Morgan fingerprint density at radius 2 is 1.65 bits per heavy atom. The molecule has 2 aromatic carbocycles. The van der Waals surface area contributed by atoms with E-state index < -0.39 is 28.8 Å². The number of unbranched alkanes of at least 4 members (excludes halogenated alkanes) is 1. The van der Waals surface area contributed by atoms with Crippen LogP contribution in [0.3, 0.4) is 0 Å². The van der Waals surface area contributed by atoms with E-state index in [0.29, 0.717) is 29.9 Å². The van der Waals surface area contributed by atoms with E-state index in [1.54, 1.807) is 24.3 Å². The lowest BCUT2D eigenvalue weighted by Crippen LogP contribution is -2.66. The van der Waals surface area contributed by atoms with Gasteiger partial charge in [-0.1, -0.05) is 37.6 Å². The van der Waals surface area contributed by atoms with Crippen molar-refractivity contribution in [1.29, 1.82) is 0 Å². The molecule has 5 rings (SSSR count). The number of rotatable bonds is 6. The molecular weight excluding hydrogens is 442 g/mol. The van der Waals surface area contributed by atoms with Gasteiger partial charge in [0.05, 0.1) is 19.8 Å². The van der Waals surface area contributed by atoms with Crippen molar-refractivity contribution < 1.29 is 39.1 Å². The molecule has 178 valence electrons. The highest BCUT2D eigenvalue weighted by molar-refractivity contribution is 6.48. The molecule has 0 aromatic heterocycles. The first-order chi connectivity index (χ1) is 16.2. The lowest BCUT2D eigenvalue weighted by molar-refractivity contribution is -0.312. The maximum atomic E-state index is 13.4. The van der Waals surface area contributed by atoms with Gasteiger partial charge in [0.15, 0.2) is 11.5 Å². The Morgan fingerprint density at radius 3 is 2.29 bits per heavy atom. The van der Waals surface area contributed by atoms with Gasteiger partial charge in [-0.3, -0.25) is 9.59 Å². The van der Waals surface area contributed by atoms with Gasteiger partial charge in [-0.05, 0) is 24.6 Å². The molecule has 0 unspecified atom stereocenters. The minimum atomic E-state index is -2.80. The average molecular weight is 467 g/mol. The van der Waals surface area contributed by atoms with Gasteiger partial charge in [0.1, 0.15) is 5.76 Å². The molecule has 3 aliphatic rings. The standard InChI is InChI=1S/C25H25NO8/c1-4-5-12-26-22(28)20(27)19-21(14-10-11-17(32-2)18(13-14)33-3)34-25(31)16-9-7-6-8-15(16)24(29,30)23(19,25)26/h6-11,13,29-31H,4-5,12H2,1-3H3/t23-,25+/m1/s1. The lowest BCUT2D eigenvalue weighted by Gasteiger charge is -2.45. The number of hydrogen-bond acceptors (Lipinski definition) is 8. The number of benzene rings is 2. The monoisotopic (exact) mass is 467 g/mol. The minimum absolute atomic E-state index is 0.0202. The van der Waals surface area contributed by atoms with Crippen LogP contribution in [0.1, 0.15) is 36.5 Å². The number of methoxy groups -OCH3 is 2. The second kappa shape index (κ2) is 7.30. The first-order valence-corrected chi connectivity index (χ1v) is 11.0. The highest BCUT2D eigenvalue weighted by Crippen LogP contribution is 2.67. The maximum Gasteiger partial charge on any atom is 0.296 e. The van der Waals surface area contributed by atoms with Crippen molar-refractivity contribution in [3.63, 3.8) is 0 Å². The third-order valence-electron chi connectivity index (χ3n) is 6.95. The van der Waals surface area contributed by atoms with Crippen molar-refractivity contribution in [3.8, 4) is 11.5 Å². The number of hydrogen-bond donors (Lipinski definition) is 3. The van der Waals surface area contributed by atoms with Crippen LogP contribution in [0.15, 0.2) is 48.0 Å². The Hall–Kier alpha value is -3.40. The number of carbonyl (C=O) groups excluding carboxylic acids is 2. The topological polar surface area (TPSA) is 126 Å². The molecule has 34 heavy (non-hydrogen) atoms. The number of likely N-dealkylation sites (tertiary alicyclic amines) is 1. The van der Waals surface area contributed by atoms with Crippen LogP contribution in [-0.4, -0.2) is 58.2 Å². The normalized spacial score (nSPS) is 26.4. The highest BCUT2D eigenvalue weighted by Gasteiger charge is 2.85. The van der Waals surface area contributed by atoms with Crippen molar-refractivity contribution in [2.24, 2.45) is 0 Å². The number of carbonyl (C=O) groups is 2. The number of amides is 1. The molecule has 1 fully saturated rings. The molecule has 2 aliphatic heterocycles. The molecule has 2 aromatic rings. The summed E-state index contributed by atoms with van der Waals surface area (Å²) in [4.78, 5) is 27.7. The number of ketones is 1. The highest BCUT2D eigenvalue weighted by atomic mass is 16.6. The average Bonchev–Trinajstić information content (AvgIpc) is 3.31. The second-order valence-electron chi connectivity index (χ2n) is 8.59. The molecule has 2 heterocycles. The number of aliphatic hydroxyl groups is 3.